The van der Waals surface area contributed by atoms with E-state index in [9.17, 15) is 9.90 Å². The van der Waals surface area contributed by atoms with Crippen molar-refractivity contribution in [2.24, 2.45) is 0 Å². The van der Waals surface area contributed by atoms with Crippen molar-refractivity contribution >= 4 is 11.6 Å². The molecule has 2 rings (SSSR count). The van der Waals surface area contributed by atoms with E-state index in [0.29, 0.717) is 11.6 Å². The van der Waals surface area contributed by atoms with Gasteiger partial charge in [-0.3, -0.25) is 9.89 Å². The number of nitrogen functional groups attached to an aromatic ring is 1. The Hall–Kier alpha value is -1.60. The van der Waals surface area contributed by atoms with Crippen molar-refractivity contribution < 1.29 is 15.0 Å². The molecular formula is C11H18N4O3. The van der Waals surface area contributed by atoms with Crippen LogP contribution in [-0.2, 0) is 0 Å². The quantitative estimate of drug-likeness (QED) is 0.477. The normalized spacial score (nSPS) is 18.4. The molecule has 1 aromatic heterocycles. The molecular weight excluding hydrogens is 236 g/mol. The number of amides is 1. The average molecular weight is 254 g/mol. The lowest BCUT2D eigenvalue weighted by molar-refractivity contribution is 0.00317. The third-order valence-electron chi connectivity index (χ3n) is 3.00. The van der Waals surface area contributed by atoms with Crippen molar-refractivity contribution in [1.82, 2.24) is 15.5 Å². The van der Waals surface area contributed by atoms with Gasteiger partial charge in [-0.15, -0.1) is 0 Å². The van der Waals surface area contributed by atoms with E-state index >= 15 is 0 Å². The lowest BCUT2D eigenvalue weighted by atomic mass is 10.1. The van der Waals surface area contributed by atoms with E-state index in [1.165, 1.54) is 6.92 Å². The number of hydrogen-bond donors (Lipinski definition) is 5. The Bertz CT molecular complexity index is 451. The standard InChI is InChI=1S/C11H18N4O3/c1-11(18,5-16)4-13-10(17)9-7(12)8(14-15-9)6-2-3-6/h6,16,18H,2-5,12H2,1H3,(H,13,17)(H,14,15). The highest BCUT2D eigenvalue weighted by Gasteiger charge is 2.30. The fourth-order valence-electron chi connectivity index (χ4n) is 1.63. The van der Waals surface area contributed by atoms with Gasteiger partial charge in [0.15, 0.2) is 5.69 Å². The number of carbonyl (C=O) groups is 1. The summed E-state index contributed by atoms with van der Waals surface area (Å²) in [4.78, 5) is 11.8. The molecule has 1 aliphatic rings. The maximum atomic E-state index is 11.8. The van der Waals surface area contributed by atoms with E-state index < -0.39 is 18.1 Å². The molecule has 1 saturated carbocycles. The summed E-state index contributed by atoms with van der Waals surface area (Å²) in [5.74, 6) is -0.0658. The molecule has 0 spiro atoms. The number of H-pyrrole nitrogens is 1. The molecule has 0 bridgehead atoms. The van der Waals surface area contributed by atoms with Crippen molar-refractivity contribution in [3.63, 3.8) is 0 Å². The molecule has 1 fully saturated rings. The second kappa shape index (κ2) is 4.58. The zero-order chi connectivity index (χ0) is 13.3. The zero-order valence-electron chi connectivity index (χ0n) is 10.2. The Kier molecular flexibility index (Phi) is 3.27. The molecule has 6 N–H and O–H groups in total. The van der Waals surface area contributed by atoms with Gasteiger partial charge in [0.1, 0.15) is 5.60 Å². The number of rotatable bonds is 5. The molecule has 100 valence electrons. The van der Waals surface area contributed by atoms with E-state index in [1.54, 1.807) is 0 Å². The van der Waals surface area contributed by atoms with Crippen LogP contribution in [0.3, 0.4) is 0 Å². The first-order chi connectivity index (χ1) is 8.44. The van der Waals surface area contributed by atoms with Crippen LogP contribution in [0.4, 0.5) is 5.69 Å². The first-order valence-electron chi connectivity index (χ1n) is 5.90. The van der Waals surface area contributed by atoms with Crippen molar-refractivity contribution in [3.05, 3.63) is 11.4 Å². The van der Waals surface area contributed by atoms with Crippen LogP contribution in [-0.4, -0.2) is 45.1 Å². The Balaban J connectivity index is 2.01. The third-order valence-corrected chi connectivity index (χ3v) is 3.00. The summed E-state index contributed by atoms with van der Waals surface area (Å²) in [7, 11) is 0. The highest BCUT2D eigenvalue weighted by Crippen LogP contribution is 2.42. The van der Waals surface area contributed by atoms with Gasteiger partial charge in [-0.1, -0.05) is 0 Å². The Morgan fingerprint density at radius 1 is 1.67 bits per heavy atom. The van der Waals surface area contributed by atoms with Crippen LogP contribution in [0.15, 0.2) is 0 Å². The van der Waals surface area contributed by atoms with Gasteiger partial charge < -0.3 is 21.3 Å². The molecule has 1 heterocycles. The smallest absolute Gasteiger partial charge is 0.274 e. The van der Waals surface area contributed by atoms with Crippen LogP contribution in [0.2, 0.25) is 0 Å². The Labute approximate surface area is 104 Å². The van der Waals surface area contributed by atoms with E-state index in [1.807, 2.05) is 0 Å². The molecule has 1 aromatic rings. The molecule has 0 radical (unpaired) electrons. The molecule has 1 amide bonds. The van der Waals surface area contributed by atoms with Crippen LogP contribution in [0.25, 0.3) is 0 Å². The predicted molar refractivity (Wildman–Crippen MR) is 65.0 cm³/mol. The van der Waals surface area contributed by atoms with Crippen LogP contribution >= 0.6 is 0 Å². The third kappa shape index (κ3) is 2.62. The SMILES string of the molecule is CC(O)(CO)CNC(=O)c1n[nH]c(C2CC2)c1N. The molecule has 0 aromatic carbocycles. The number of hydrogen-bond acceptors (Lipinski definition) is 5. The fourth-order valence-corrected chi connectivity index (χ4v) is 1.63. The first kappa shape index (κ1) is 12.8. The highest BCUT2D eigenvalue weighted by molar-refractivity contribution is 5.97. The molecule has 1 aliphatic carbocycles. The van der Waals surface area contributed by atoms with Gasteiger partial charge in [-0.25, -0.2) is 0 Å². The van der Waals surface area contributed by atoms with Gasteiger partial charge in [0.2, 0.25) is 0 Å². The minimum atomic E-state index is -1.35. The number of nitrogens with one attached hydrogen (secondary N) is 2. The zero-order valence-corrected chi connectivity index (χ0v) is 10.2. The van der Waals surface area contributed by atoms with Gasteiger partial charge >= 0.3 is 0 Å². The summed E-state index contributed by atoms with van der Waals surface area (Å²) in [6, 6.07) is 0. The van der Waals surface area contributed by atoms with Gasteiger partial charge in [0, 0.05) is 12.5 Å². The number of aromatic nitrogens is 2. The predicted octanol–water partition coefficient (Wildman–Crippen LogP) is -0.658. The molecule has 1 atom stereocenters. The summed E-state index contributed by atoms with van der Waals surface area (Å²) in [6.07, 6.45) is 2.12. The van der Waals surface area contributed by atoms with Crippen LogP contribution < -0.4 is 11.1 Å². The number of nitrogens with two attached hydrogens (primary N) is 1. The van der Waals surface area contributed by atoms with E-state index in [4.69, 9.17) is 10.8 Å². The van der Waals surface area contributed by atoms with Gasteiger partial charge in [0.05, 0.1) is 18.0 Å². The number of nitrogens with zero attached hydrogens (tertiary/aromatic N) is 1. The molecule has 18 heavy (non-hydrogen) atoms. The fraction of sp³-hybridized carbons (Fsp3) is 0.636. The lowest BCUT2D eigenvalue weighted by Crippen LogP contribution is -2.43. The molecule has 0 saturated heterocycles. The van der Waals surface area contributed by atoms with Crippen LogP contribution in [0.1, 0.15) is 41.9 Å². The molecule has 0 aliphatic heterocycles. The monoisotopic (exact) mass is 254 g/mol. The lowest BCUT2D eigenvalue weighted by Gasteiger charge is -2.20. The van der Waals surface area contributed by atoms with Crippen molar-refractivity contribution in [2.45, 2.75) is 31.3 Å². The van der Waals surface area contributed by atoms with Gasteiger partial charge in [0.25, 0.3) is 5.91 Å². The number of carbonyl (C=O) groups excluding carboxylic acids is 1. The summed E-state index contributed by atoms with van der Waals surface area (Å²) in [5.41, 5.74) is 5.84. The number of aliphatic hydroxyl groups excluding tert-OH is 1. The average Bonchev–Trinajstić information content (AvgIpc) is 3.10. The van der Waals surface area contributed by atoms with Crippen molar-refractivity contribution in [1.29, 1.82) is 0 Å². The maximum Gasteiger partial charge on any atom is 0.274 e. The number of anilines is 1. The molecule has 7 nitrogen and oxygen atoms in total. The molecule has 1 unspecified atom stereocenters. The topological polar surface area (TPSA) is 124 Å². The first-order valence-corrected chi connectivity index (χ1v) is 5.90. The van der Waals surface area contributed by atoms with E-state index in [0.717, 1.165) is 18.5 Å². The minimum Gasteiger partial charge on any atom is -0.395 e. The second-order valence-electron chi connectivity index (χ2n) is 5.01. The van der Waals surface area contributed by atoms with Gasteiger partial charge in [-0.05, 0) is 19.8 Å². The largest absolute Gasteiger partial charge is 0.395 e. The van der Waals surface area contributed by atoms with Crippen molar-refractivity contribution in [3.8, 4) is 0 Å². The van der Waals surface area contributed by atoms with Crippen LogP contribution in [0.5, 0.6) is 0 Å². The molecule has 7 heteroatoms. The van der Waals surface area contributed by atoms with Crippen molar-refractivity contribution in [2.75, 3.05) is 18.9 Å². The second-order valence-corrected chi connectivity index (χ2v) is 5.01. The van der Waals surface area contributed by atoms with E-state index in [2.05, 4.69) is 15.5 Å². The Morgan fingerprint density at radius 3 is 2.89 bits per heavy atom. The number of aliphatic hydroxyl groups is 2. The highest BCUT2D eigenvalue weighted by atomic mass is 16.3. The van der Waals surface area contributed by atoms with Gasteiger partial charge in [-0.2, -0.15) is 5.10 Å². The maximum absolute atomic E-state index is 11.8. The Morgan fingerprint density at radius 2 is 2.33 bits per heavy atom. The van der Waals surface area contributed by atoms with Crippen LogP contribution in [0, 0.1) is 0 Å². The minimum absolute atomic E-state index is 0.0621. The summed E-state index contributed by atoms with van der Waals surface area (Å²) in [5, 5.41) is 27.6. The van der Waals surface area contributed by atoms with E-state index in [-0.39, 0.29) is 12.2 Å². The summed E-state index contributed by atoms with van der Waals surface area (Å²) < 4.78 is 0. The summed E-state index contributed by atoms with van der Waals surface area (Å²) >= 11 is 0. The number of aromatic amines is 1. The summed E-state index contributed by atoms with van der Waals surface area (Å²) in [6.45, 7) is 0.931.